The normalized spacial score (nSPS) is 42.7. The lowest BCUT2D eigenvalue weighted by molar-refractivity contribution is -0.340. The predicted molar refractivity (Wildman–Crippen MR) is 138 cm³/mol. The zero-order valence-electron chi connectivity index (χ0n) is 23.3. The molecule has 39 heavy (non-hydrogen) atoms. The fourth-order valence-corrected chi connectivity index (χ4v) is 7.96. The first kappa shape index (κ1) is 28.0. The molecule has 1 aliphatic heterocycles. The van der Waals surface area contributed by atoms with Gasteiger partial charge in [0.2, 0.25) is 0 Å². The third-order valence-electron chi connectivity index (χ3n) is 10.4. The van der Waals surface area contributed by atoms with Gasteiger partial charge in [-0.2, -0.15) is 0 Å². The van der Waals surface area contributed by atoms with Gasteiger partial charge in [-0.25, -0.2) is 4.79 Å². The number of aliphatic hydroxyl groups excluding tert-OH is 2. The molecule has 2 saturated carbocycles. The van der Waals surface area contributed by atoms with E-state index in [2.05, 4.69) is 0 Å². The van der Waals surface area contributed by atoms with Crippen molar-refractivity contribution < 1.29 is 43.9 Å². The minimum absolute atomic E-state index is 0.0617. The van der Waals surface area contributed by atoms with Crippen molar-refractivity contribution >= 4 is 17.7 Å². The fraction of sp³-hybridized carbons (Fsp3) is 0.633. The second kappa shape index (κ2) is 8.96. The molecule has 0 unspecified atom stereocenters. The fourth-order valence-electron chi connectivity index (χ4n) is 7.96. The van der Waals surface area contributed by atoms with Crippen LogP contribution in [0, 0.1) is 22.7 Å². The van der Waals surface area contributed by atoms with Crippen LogP contribution in [0.2, 0.25) is 0 Å². The number of ether oxygens (including phenoxy) is 3. The number of esters is 2. The second-order valence-electron chi connectivity index (χ2n) is 12.6. The van der Waals surface area contributed by atoms with Crippen molar-refractivity contribution in [1.82, 2.24) is 0 Å². The summed E-state index contributed by atoms with van der Waals surface area (Å²) in [5.74, 6) is -3.34. The van der Waals surface area contributed by atoms with Crippen molar-refractivity contribution in [3.05, 3.63) is 47.0 Å². The van der Waals surface area contributed by atoms with Crippen LogP contribution in [0.4, 0.5) is 0 Å². The molecule has 1 aromatic rings. The number of ketones is 1. The third kappa shape index (κ3) is 3.63. The van der Waals surface area contributed by atoms with E-state index in [0.29, 0.717) is 12.0 Å². The number of rotatable bonds is 3. The Kier molecular flexibility index (Phi) is 6.42. The monoisotopic (exact) mass is 542 g/mol. The van der Waals surface area contributed by atoms with Crippen LogP contribution in [-0.4, -0.2) is 75.3 Å². The smallest absolute Gasteiger partial charge is 0.338 e. The summed E-state index contributed by atoms with van der Waals surface area (Å²) in [4.78, 5) is 40.6. The van der Waals surface area contributed by atoms with Crippen molar-refractivity contribution in [2.24, 2.45) is 22.7 Å². The summed E-state index contributed by atoms with van der Waals surface area (Å²) in [6.45, 7) is 9.76. The van der Waals surface area contributed by atoms with Gasteiger partial charge in [0.05, 0.1) is 24.2 Å². The van der Waals surface area contributed by atoms with Crippen LogP contribution in [-0.2, 0) is 23.8 Å². The Morgan fingerprint density at radius 2 is 1.74 bits per heavy atom. The van der Waals surface area contributed by atoms with E-state index in [0.717, 1.165) is 0 Å². The minimum atomic E-state index is -1.95. The summed E-state index contributed by atoms with van der Waals surface area (Å²) >= 11 is 0. The summed E-state index contributed by atoms with van der Waals surface area (Å²) in [6, 6.07) is 8.29. The van der Waals surface area contributed by atoms with Gasteiger partial charge in [-0.1, -0.05) is 45.9 Å². The number of benzene rings is 1. The van der Waals surface area contributed by atoms with Crippen LogP contribution < -0.4 is 0 Å². The van der Waals surface area contributed by atoms with Gasteiger partial charge in [0.25, 0.3) is 0 Å². The van der Waals surface area contributed by atoms with Gasteiger partial charge in [-0.15, -0.1) is 0 Å². The van der Waals surface area contributed by atoms with Gasteiger partial charge in [0.1, 0.15) is 23.9 Å². The molecular weight excluding hydrogens is 504 g/mol. The Hall–Kier alpha value is -2.59. The first-order valence-electron chi connectivity index (χ1n) is 13.5. The lowest BCUT2D eigenvalue weighted by Crippen LogP contribution is -2.80. The molecule has 0 aromatic heterocycles. The Morgan fingerprint density at radius 3 is 2.31 bits per heavy atom. The maximum Gasteiger partial charge on any atom is 0.338 e. The molecule has 9 atom stereocenters. The highest BCUT2D eigenvalue weighted by atomic mass is 16.6. The molecule has 1 aromatic carbocycles. The molecule has 0 radical (unpaired) electrons. The average Bonchev–Trinajstić information content (AvgIpc) is 2.87. The van der Waals surface area contributed by atoms with Gasteiger partial charge in [-0.3, -0.25) is 9.59 Å². The van der Waals surface area contributed by atoms with Crippen LogP contribution >= 0.6 is 0 Å². The molecule has 212 valence electrons. The molecule has 9 heteroatoms. The molecule has 3 fully saturated rings. The molecule has 0 spiro atoms. The molecule has 4 aliphatic rings. The topological polar surface area (TPSA) is 140 Å². The Balaban J connectivity index is 1.81. The summed E-state index contributed by atoms with van der Waals surface area (Å²) in [5, 5.41) is 35.5. The lowest BCUT2D eigenvalue weighted by atomic mass is 9.43. The minimum Gasteiger partial charge on any atom is -0.455 e. The van der Waals surface area contributed by atoms with Crippen LogP contribution in [0.5, 0.6) is 0 Å². The Morgan fingerprint density at radius 1 is 1.10 bits per heavy atom. The van der Waals surface area contributed by atoms with Crippen molar-refractivity contribution in [2.75, 3.05) is 6.61 Å². The van der Waals surface area contributed by atoms with Crippen LogP contribution in [0.15, 0.2) is 41.5 Å². The molecule has 0 amide bonds. The molecule has 5 rings (SSSR count). The molecule has 2 bridgehead atoms. The van der Waals surface area contributed by atoms with Crippen molar-refractivity contribution in [3.8, 4) is 0 Å². The van der Waals surface area contributed by atoms with Gasteiger partial charge in [-0.05, 0) is 42.5 Å². The highest BCUT2D eigenvalue weighted by Gasteiger charge is 2.77. The number of hydrogen-bond acceptors (Lipinski definition) is 9. The predicted octanol–water partition coefficient (Wildman–Crippen LogP) is 2.36. The van der Waals surface area contributed by atoms with E-state index in [-0.39, 0.29) is 24.2 Å². The maximum absolute atomic E-state index is 14.4. The van der Waals surface area contributed by atoms with E-state index in [9.17, 15) is 29.7 Å². The zero-order valence-corrected chi connectivity index (χ0v) is 23.3. The van der Waals surface area contributed by atoms with Crippen LogP contribution in [0.1, 0.15) is 64.7 Å². The molecular formula is C30H38O9. The van der Waals surface area contributed by atoms with E-state index in [1.165, 1.54) is 6.92 Å². The quantitative estimate of drug-likeness (QED) is 0.388. The summed E-state index contributed by atoms with van der Waals surface area (Å²) in [5.41, 5.74) is -5.19. The van der Waals surface area contributed by atoms with E-state index in [4.69, 9.17) is 14.2 Å². The molecule has 9 nitrogen and oxygen atoms in total. The van der Waals surface area contributed by atoms with Gasteiger partial charge >= 0.3 is 11.9 Å². The largest absolute Gasteiger partial charge is 0.455 e. The maximum atomic E-state index is 14.4. The third-order valence-corrected chi connectivity index (χ3v) is 10.4. The number of carbonyl (C=O) groups is 3. The standard InChI is InChI=1S/C30H38O9/c1-15-12-20-29(14-37-20,39-17(3)31)23-25(38-26(35)18-10-8-7-9-11-18)30(36)13-19(32)16(2)21(27(30,4)5)22(33)24(34)28(15,23)6/h7-11,15,19-20,22-23,25,32-33,36H,12-14H2,1-6H3/t15-,19-,20+,22+,23-,25-,28+,29+,30+/m0/s1. The van der Waals surface area contributed by atoms with Crippen molar-refractivity contribution in [2.45, 2.75) is 90.0 Å². The number of aliphatic hydroxyl groups is 3. The Labute approximate surface area is 228 Å². The van der Waals surface area contributed by atoms with Crippen LogP contribution in [0.3, 0.4) is 0 Å². The molecule has 1 heterocycles. The first-order chi connectivity index (χ1) is 18.1. The number of Topliss-reactive ketones (excluding diaryl/α,β-unsaturated/α-hetero) is 1. The van der Waals surface area contributed by atoms with Crippen molar-refractivity contribution in [3.63, 3.8) is 0 Å². The molecule has 3 N–H and O–H groups in total. The second-order valence-corrected chi connectivity index (χ2v) is 12.6. The SMILES string of the molecule is CC(=O)O[C@]12CO[C@@H]1C[C@H](C)[C@@]1(C)C(=O)[C@H](O)C3=C(C)[C@@H](O)C[C@@](O)([C@@H](OC(=O)c4ccccc4)[C@H]21)C3(C)C. The van der Waals surface area contributed by atoms with Crippen LogP contribution in [0.25, 0.3) is 0 Å². The van der Waals surface area contributed by atoms with E-state index in [1.807, 2.05) is 6.92 Å². The average molecular weight is 543 g/mol. The van der Waals surface area contributed by atoms with E-state index < -0.39 is 76.0 Å². The first-order valence-corrected chi connectivity index (χ1v) is 13.5. The Bertz CT molecular complexity index is 1240. The summed E-state index contributed by atoms with van der Waals surface area (Å²) < 4.78 is 18.1. The van der Waals surface area contributed by atoms with Crippen molar-refractivity contribution in [1.29, 1.82) is 0 Å². The highest BCUT2D eigenvalue weighted by molar-refractivity contribution is 5.93. The summed E-state index contributed by atoms with van der Waals surface area (Å²) in [6.07, 6.45) is -4.70. The number of hydrogen-bond donors (Lipinski definition) is 3. The molecule has 3 aliphatic carbocycles. The summed E-state index contributed by atoms with van der Waals surface area (Å²) in [7, 11) is 0. The van der Waals surface area contributed by atoms with Gasteiger partial charge in [0, 0.05) is 24.2 Å². The zero-order chi connectivity index (χ0) is 28.7. The highest BCUT2D eigenvalue weighted by Crippen LogP contribution is 2.65. The van der Waals surface area contributed by atoms with E-state index >= 15 is 0 Å². The van der Waals surface area contributed by atoms with Gasteiger partial charge < -0.3 is 29.5 Å². The van der Waals surface area contributed by atoms with E-state index in [1.54, 1.807) is 58.0 Å². The molecule has 1 saturated heterocycles. The number of carbonyl (C=O) groups excluding carboxylic acids is 3. The lowest BCUT2D eigenvalue weighted by Gasteiger charge is -2.67. The van der Waals surface area contributed by atoms with Gasteiger partial charge in [0.15, 0.2) is 11.4 Å². The number of fused-ring (bicyclic) bond motifs is 5.